The van der Waals surface area contributed by atoms with Crippen LogP contribution in [0, 0.1) is 0 Å². The van der Waals surface area contributed by atoms with Gasteiger partial charge in [0.25, 0.3) is 0 Å². The van der Waals surface area contributed by atoms with Crippen LogP contribution in [0.25, 0.3) is 0 Å². The number of nitrogens with one attached hydrogen (secondary N) is 1. The average molecular weight is 523 g/mol. The van der Waals surface area contributed by atoms with E-state index in [0.717, 1.165) is 77.2 Å². The van der Waals surface area contributed by atoms with E-state index in [2.05, 4.69) is 27.1 Å². The zero-order valence-corrected chi connectivity index (χ0v) is 21.4. The van der Waals surface area contributed by atoms with Crippen molar-refractivity contribution in [2.75, 3.05) is 69.7 Å². The molecule has 1 fully saturated rings. The lowest BCUT2D eigenvalue weighted by atomic mass is 10.2. The molecule has 0 radical (unpaired) electrons. The fourth-order valence-electron chi connectivity index (χ4n) is 3.71. The van der Waals surface area contributed by atoms with Crippen LogP contribution in [0.1, 0.15) is 38.2 Å². The first-order valence-electron chi connectivity index (χ1n) is 12.6. The molecule has 1 saturated heterocycles. The van der Waals surface area contributed by atoms with E-state index in [-0.39, 0.29) is 18.3 Å². The van der Waals surface area contributed by atoms with E-state index in [1.54, 1.807) is 4.90 Å². The fraction of sp³-hybridized carbons (Fsp3) is 0.625. The van der Waals surface area contributed by atoms with E-state index >= 15 is 0 Å². The number of carbonyl (C=O) groups is 3. The number of hydrogen-bond donors (Lipinski definition) is 4. The topological polar surface area (TPSA) is 180 Å². The number of aliphatic carboxylic acids is 2. The molecule has 0 atom stereocenters. The molecule has 2 aliphatic heterocycles. The number of unbranched alkanes of at least 4 members (excludes halogenated alkanes) is 1. The maximum absolute atomic E-state index is 12.4. The smallest absolute Gasteiger partial charge is 0.328 e. The number of morpholine rings is 1. The summed E-state index contributed by atoms with van der Waals surface area (Å²) in [6, 6.07) is 0.260. The van der Waals surface area contributed by atoms with E-state index in [1.165, 1.54) is 0 Å². The number of nitrogens with two attached hydrogens (primary N) is 1. The molecule has 0 saturated carbocycles. The molecule has 0 bridgehead atoms. The highest BCUT2D eigenvalue weighted by atomic mass is 16.5. The molecular formula is C24H38N6O7. The van der Waals surface area contributed by atoms with Crippen molar-refractivity contribution >= 4 is 29.5 Å². The molecule has 2 aliphatic rings. The predicted molar refractivity (Wildman–Crippen MR) is 137 cm³/mol. The summed E-state index contributed by atoms with van der Waals surface area (Å²) in [5, 5.41) is 19.1. The molecule has 3 rings (SSSR count). The molecule has 3 heterocycles. The fourth-order valence-corrected chi connectivity index (χ4v) is 3.71. The minimum atomic E-state index is -1.26. The number of fused-ring (bicyclic) bond motifs is 1. The number of anilines is 2. The van der Waals surface area contributed by atoms with Crippen LogP contribution in [0.5, 0.6) is 6.01 Å². The van der Waals surface area contributed by atoms with Crippen LogP contribution < -0.4 is 20.7 Å². The van der Waals surface area contributed by atoms with Gasteiger partial charge in [-0.2, -0.15) is 9.97 Å². The zero-order chi connectivity index (χ0) is 27.0. The Hall–Kier alpha value is -3.29. The van der Waals surface area contributed by atoms with E-state index in [4.69, 9.17) is 25.4 Å². The summed E-state index contributed by atoms with van der Waals surface area (Å²) < 4.78 is 11.0. The Kier molecular flexibility index (Phi) is 13.3. The van der Waals surface area contributed by atoms with Gasteiger partial charge in [-0.3, -0.25) is 14.6 Å². The van der Waals surface area contributed by atoms with Gasteiger partial charge in [-0.15, -0.1) is 0 Å². The van der Waals surface area contributed by atoms with Gasteiger partial charge >= 0.3 is 17.9 Å². The third-order valence-corrected chi connectivity index (χ3v) is 5.65. The molecule has 1 aromatic rings. The number of carboxylic acids is 2. The molecular weight excluding hydrogens is 484 g/mol. The summed E-state index contributed by atoms with van der Waals surface area (Å²) in [6.45, 7) is 9.97. The highest BCUT2D eigenvalue weighted by Gasteiger charge is 2.31. The first-order valence-corrected chi connectivity index (χ1v) is 12.6. The first-order chi connectivity index (χ1) is 17.8. The molecule has 37 heavy (non-hydrogen) atoms. The van der Waals surface area contributed by atoms with Gasteiger partial charge in [-0.25, -0.2) is 9.59 Å². The third kappa shape index (κ3) is 11.1. The van der Waals surface area contributed by atoms with Gasteiger partial charge in [0.1, 0.15) is 11.6 Å². The van der Waals surface area contributed by atoms with E-state index in [0.29, 0.717) is 36.9 Å². The number of aromatic nitrogens is 2. The van der Waals surface area contributed by atoms with Crippen LogP contribution >= 0.6 is 0 Å². The van der Waals surface area contributed by atoms with Crippen LogP contribution in [0.2, 0.25) is 0 Å². The lowest BCUT2D eigenvalue weighted by molar-refractivity contribution is -0.134. The van der Waals surface area contributed by atoms with Gasteiger partial charge in [0.15, 0.2) is 0 Å². The van der Waals surface area contributed by atoms with Gasteiger partial charge < -0.3 is 30.7 Å². The second kappa shape index (κ2) is 16.5. The summed E-state index contributed by atoms with van der Waals surface area (Å²) in [4.78, 5) is 44.3. The maximum Gasteiger partial charge on any atom is 0.328 e. The van der Waals surface area contributed by atoms with Crippen molar-refractivity contribution in [2.45, 2.75) is 39.0 Å². The van der Waals surface area contributed by atoms with Crippen molar-refractivity contribution in [1.29, 1.82) is 0 Å². The zero-order valence-electron chi connectivity index (χ0n) is 21.4. The monoisotopic (exact) mass is 522 g/mol. The number of ether oxygens (including phenoxy) is 2. The Labute approximate surface area is 216 Å². The van der Waals surface area contributed by atoms with Gasteiger partial charge in [0, 0.05) is 37.3 Å². The second-order valence-electron chi connectivity index (χ2n) is 8.54. The molecule has 0 spiro atoms. The summed E-state index contributed by atoms with van der Waals surface area (Å²) in [5.74, 6) is -1.53. The normalized spacial score (nSPS) is 15.4. The van der Waals surface area contributed by atoms with Crippen molar-refractivity contribution in [3.63, 3.8) is 0 Å². The Morgan fingerprint density at radius 2 is 1.73 bits per heavy atom. The van der Waals surface area contributed by atoms with Crippen molar-refractivity contribution in [1.82, 2.24) is 20.2 Å². The number of rotatable bonds is 14. The summed E-state index contributed by atoms with van der Waals surface area (Å²) in [5.41, 5.74) is 6.76. The Morgan fingerprint density at radius 3 is 2.35 bits per heavy atom. The van der Waals surface area contributed by atoms with Crippen molar-refractivity contribution in [3.05, 3.63) is 17.7 Å². The van der Waals surface area contributed by atoms with Crippen LogP contribution in [-0.4, -0.2) is 102 Å². The number of nitrogen functional groups attached to an aromatic ring is 1. The molecule has 13 heteroatoms. The van der Waals surface area contributed by atoms with Gasteiger partial charge in [-0.1, -0.05) is 13.3 Å². The third-order valence-electron chi connectivity index (χ3n) is 5.65. The van der Waals surface area contributed by atoms with Crippen LogP contribution in [-0.2, 0) is 25.5 Å². The number of hydrogen-bond acceptors (Lipinski definition) is 10. The molecule has 0 unspecified atom stereocenters. The molecule has 0 aromatic carbocycles. The average Bonchev–Trinajstić information content (AvgIpc) is 3.19. The molecule has 1 aromatic heterocycles. The lowest BCUT2D eigenvalue weighted by Gasteiger charge is -2.26. The van der Waals surface area contributed by atoms with Crippen molar-refractivity contribution in [3.8, 4) is 6.01 Å². The predicted octanol–water partition coefficient (Wildman–Crippen LogP) is 0.541. The van der Waals surface area contributed by atoms with Crippen molar-refractivity contribution in [2.24, 2.45) is 0 Å². The Morgan fingerprint density at radius 1 is 1.08 bits per heavy atom. The van der Waals surface area contributed by atoms with Crippen LogP contribution in [0.4, 0.5) is 11.6 Å². The lowest BCUT2D eigenvalue weighted by Crippen LogP contribution is -2.37. The van der Waals surface area contributed by atoms with Crippen molar-refractivity contribution < 1.29 is 34.1 Å². The molecule has 206 valence electrons. The number of nitrogens with zero attached hydrogens (tertiary/aromatic N) is 4. The Balaban J connectivity index is 0.000000521. The largest absolute Gasteiger partial charge is 0.478 e. The number of carbonyl (C=O) groups excluding carboxylic acids is 1. The molecule has 1 amide bonds. The first kappa shape index (κ1) is 29.9. The second-order valence-corrected chi connectivity index (χ2v) is 8.54. The van der Waals surface area contributed by atoms with Crippen LogP contribution in [0.3, 0.4) is 0 Å². The molecule has 13 nitrogen and oxygen atoms in total. The highest BCUT2D eigenvalue weighted by molar-refractivity contribution is 6.01. The van der Waals surface area contributed by atoms with Gasteiger partial charge in [0.2, 0.25) is 5.91 Å². The Bertz CT molecular complexity index is 905. The van der Waals surface area contributed by atoms with Gasteiger partial charge in [0.05, 0.1) is 26.2 Å². The van der Waals surface area contributed by atoms with E-state index in [9.17, 15) is 14.4 Å². The van der Waals surface area contributed by atoms with E-state index in [1.807, 2.05) is 0 Å². The summed E-state index contributed by atoms with van der Waals surface area (Å²) >= 11 is 0. The maximum atomic E-state index is 12.4. The SMILES string of the molecule is CCCCOc1nc(N)c2c(n1)N(CCCNCCCN1CCOCC1)C(=O)C2.O=C(O)/C=C\C(=O)O. The molecule has 0 aliphatic carbocycles. The molecule has 5 N–H and O–H groups in total. The minimum Gasteiger partial charge on any atom is -0.478 e. The van der Waals surface area contributed by atoms with E-state index < -0.39 is 11.9 Å². The summed E-state index contributed by atoms with van der Waals surface area (Å²) in [7, 11) is 0. The minimum absolute atomic E-state index is 0.0269. The van der Waals surface area contributed by atoms with Crippen LogP contribution in [0.15, 0.2) is 12.2 Å². The number of carboxylic acid groups (broad SMARTS) is 2. The quantitative estimate of drug-likeness (QED) is 0.197. The standard InChI is InChI=1S/C20H34N6O3.C4H4O4/c1-2-3-12-29-20-23-18(21)16-15-17(27)26(19(16)24-20)9-5-7-22-6-4-8-25-10-13-28-14-11-25;5-3(6)1-2-4(7)8/h22H,2-15H2,1H3,(H2,21,23,24);1-2H,(H,5,6)(H,7,8)/b;2-1-. The van der Waals surface area contributed by atoms with Gasteiger partial charge in [-0.05, 0) is 38.9 Å². The summed E-state index contributed by atoms with van der Waals surface area (Å²) in [6.07, 6.45) is 5.32. The number of amides is 1. The highest BCUT2D eigenvalue weighted by Crippen LogP contribution is 2.32.